The van der Waals surface area contributed by atoms with Crippen LogP contribution in [0.4, 0.5) is 0 Å². The summed E-state index contributed by atoms with van der Waals surface area (Å²) in [5, 5.41) is 11.0. The number of rotatable bonds is 3. The number of hydrogen-bond donors (Lipinski definition) is 0. The minimum atomic E-state index is -0.467. The van der Waals surface area contributed by atoms with E-state index in [1.54, 1.807) is 6.92 Å². The summed E-state index contributed by atoms with van der Waals surface area (Å²) in [5.41, 5.74) is 1.26. The predicted molar refractivity (Wildman–Crippen MR) is 49.5 cm³/mol. The zero-order chi connectivity index (χ0) is 8.97. The summed E-state index contributed by atoms with van der Waals surface area (Å²) in [6.45, 7) is 3.73. The van der Waals surface area contributed by atoms with Crippen molar-refractivity contribution in [3.05, 3.63) is 35.9 Å². The summed E-state index contributed by atoms with van der Waals surface area (Å²) in [5.74, 6) is 0.229. The third-order valence-electron chi connectivity index (χ3n) is 2.20. The quantitative estimate of drug-likeness (QED) is 0.653. The SMILES string of the molecule is CC([O])C(C)Cc1ccccc1. The van der Waals surface area contributed by atoms with Gasteiger partial charge in [-0.15, -0.1) is 0 Å². The van der Waals surface area contributed by atoms with Gasteiger partial charge in [-0.1, -0.05) is 37.3 Å². The topological polar surface area (TPSA) is 19.9 Å². The summed E-state index contributed by atoms with van der Waals surface area (Å²) >= 11 is 0. The summed E-state index contributed by atoms with van der Waals surface area (Å²) in [4.78, 5) is 0. The second-order valence-electron chi connectivity index (χ2n) is 3.37. The summed E-state index contributed by atoms with van der Waals surface area (Å²) < 4.78 is 0. The molecule has 65 valence electrons. The summed E-state index contributed by atoms with van der Waals surface area (Å²) in [6.07, 6.45) is 0.427. The maximum absolute atomic E-state index is 11.0. The van der Waals surface area contributed by atoms with Crippen LogP contribution >= 0.6 is 0 Å². The van der Waals surface area contributed by atoms with E-state index in [0.717, 1.165) is 6.42 Å². The van der Waals surface area contributed by atoms with Gasteiger partial charge in [0.2, 0.25) is 0 Å². The first-order chi connectivity index (χ1) is 5.70. The Morgan fingerprint density at radius 3 is 2.25 bits per heavy atom. The lowest BCUT2D eigenvalue weighted by molar-refractivity contribution is 0.0591. The molecule has 0 heterocycles. The van der Waals surface area contributed by atoms with E-state index in [1.807, 2.05) is 25.1 Å². The molecule has 0 saturated heterocycles. The molecule has 1 aromatic rings. The van der Waals surface area contributed by atoms with E-state index < -0.39 is 6.10 Å². The van der Waals surface area contributed by atoms with Crippen molar-refractivity contribution >= 4 is 0 Å². The van der Waals surface area contributed by atoms with Crippen LogP contribution in [0.3, 0.4) is 0 Å². The molecule has 12 heavy (non-hydrogen) atoms. The van der Waals surface area contributed by atoms with Gasteiger partial charge in [0.1, 0.15) is 0 Å². The van der Waals surface area contributed by atoms with Crippen LogP contribution in [-0.4, -0.2) is 6.10 Å². The standard InChI is InChI=1S/C11H15O/c1-9(10(2)12)8-11-6-4-3-5-7-11/h3-7,9-10H,8H2,1-2H3. The number of benzene rings is 1. The first-order valence-corrected chi connectivity index (χ1v) is 4.40. The van der Waals surface area contributed by atoms with Crippen LogP contribution in [0.1, 0.15) is 19.4 Å². The lowest BCUT2D eigenvalue weighted by Gasteiger charge is -2.11. The third kappa shape index (κ3) is 2.67. The summed E-state index contributed by atoms with van der Waals surface area (Å²) in [6, 6.07) is 10.2. The van der Waals surface area contributed by atoms with Gasteiger partial charge in [0.05, 0.1) is 6.10 Å². The predicted octanol–water partition coefficient (Wildman–Crippen LogP) is 2.68. The third-order valence-corrected chi connectivity index (χ3v) is 2.20. The fraction of sp³-hybridized carbons (Fsp3) is 0.455. The maximum atomic E-state index is 11.0. The minimum absolute atomic E-state index is 0.229. The maximum Gasteiger partial charge on any atom is 0.0930 e. The normalized spacial score (nSPS) is 15.6. The largest absolute Gasteiger partial charge is 0.233 e. The Hall–Kier alpha value is -0.820. The van der Waals surface area contributed by atoms with Crippen LogP contribution in [-0.2, 0) is 11.5 Å². The van der Waals surface area contributed by atoms with Crippen molar-refractivity contribution in [3.63, 3.8) is 0 Å². The van der Waals surface area contributed by atoms with Crippen LogP contribution in [0.2, 0.25) is 0 Å². The van der Waals surface area contributed by atoms with Crippen molar-refractivity contribution in [2.24, 2.45) is 5.92 Å². The molecule has 0 spiro atoms. The van der Waals surface area contributed by atoms with Crippen LogP contribution in [0, 0.1) is 5.92 Å². The average Bonchev–Trinajstić information content (AvgIpc) is 2.06. The zero-order valence-corrected chi connectivity index (χ0v) is 7.66. The Labute approximate surface area is 74.1 Å². The van der Waals surface area contributed by atoms with Gasteiger partial charge in [-0.05, 0) is 24.8 Å². The van der Waals surface area contributed by atoms with Gasteiger partial charge < -0.3 is 0 Å². The second-order valence-corrected chi connectivity index (χ2v) is 3.37. The molecule has 0 aliphatic rings. The monoisotopic (exact) mass is 163 g/mol. The van der Waals surface area contributed by atoms with E-state index >= 15 is 0 Å². The second kappa shape index (κ2) is 4.27. The van der Waals surface area contributed by atoms with Crippen molar-refractivity contribution in [3.8, 4) is 0 Å². The Morgan fingerprint density at radius 2 is 1.75 bits per heavy atom. The summed E-state index contributed by atoms with van der Waals surface area (Å²) in [7, 11) is 0. The highest BCUT2D eigenvalue weighted by Crippen LogP contribution is 2.11. The molecule has 0 bridgehead atoms. The van der Waals surface area contributed by atoms with Crippen molar-refractivity contribution in [2.75, 3.05) is 0 Å². The molecule has 0 aliphatic heterocycles. The van der Waals surface area contributed by atoms with Crippen LogP contribution in [0.5, 0.6) is 0 Å². The highest BCUT2D eigenvalue weighted by Gasteiger charge is 2.10. The number of hydrogen-bond acceptors (Lipinski definition) is 0. The van der Waals surface area contributed by atoms with Crippen LogP contribution < -0.4 is 0 Å². The molecule has 2 unspecified atom stereocenters. The molecule has 2 atom stereocenters. The molecule has 1 radical (unpaired) electrons. The van der Waals surface area contributed by atoms with E-state index in [-0.39, 0.29) is 5.92 Å². The van der Waals surface area contributed by atoms with Gasteiger partial charge >= 0.3 is 0 Å². The lowest BCUT2D eigenvalue weighted by Crippen LogP contribution is -2.13. The van der Waals surface area contributed by atoms with Gasteiger partial charge in [-0.2, -0.15) is 0 Å². The molecule has 0 fully saturated rings. The molecule has 0 amide bonds. The highest BCUT2D eigenvalue weighted by atomic mass is 16.3. The molecule has 1 rings (SSSR count). The van der Waals surface area contributed by atoms with E-state index in [2.05, 4.69) is 12.1 Å². The molecule has 0 aromatic heterocycles. The molecule has 1 heteroatoms. The molecule has 0 saturated carbocycles. The fourth-order valence-electron chi connectivity index (χ4n) is 1.15. The Morgan fingerprint density at radius 1 is 1.17 bits per heavy atom. The van der Waals surface area contributed by atoms with E-state index in [4.69, 9.17) is 0 Å². The van der Waals surface area contributed by atoms with Gasteiger partial charge in [-0.25, -0.2) is 5.11 Å². The Kier molecular flexibility index (Phi) is 3.30. The van der Waals surface area contributed by atoms with Crippen LogP contribution in [0.15, 0.2) is 30.3 Å². The van der Waals surface area contributed by atoms with Gasteiger partial charge in [0, 0.05) is 0 Å². The Balaban J connectivity index is 2.53. The van der Waals surface area contributed by atoms with Crippen LogP contribution in [0.25, 0.3) is 0 Å². The highest BCUT2D eigenvalue weighted by molar-refractivity contribution is 5.15. The average molecular weight is 163 g/mol. The molecule has 0 N–H and O–H groups in total. The first kappa shape index (κ1) is 9.27. The van der Waals surface area contributed by atoms with Gasteiger partial charge in [0.25, 0.3) is 0 Å². The molecular weight excluding hydrogens is 148 g/mol. The van der Waals surface area contributed by atoms with Crippen molar-refractivity contribution in [1.29, 1.82) is 0 Å². The van der Waals surface area contributed by atoms with Crippen molar-refractivity contribution in [1.82, 2.24) is 0 Å². The molecule has 1 nitrogen and oxygen atoms in total. The first-order valence-electron chi connectivity index (χ1n) is 4.40. The molecule has 1 aromatic carbocycles. The lowest BCUT2D eigenvalue weighted by atomic mass is 9.97. The van der Waals surface area contributed by atoms with Gasteiger partial charge in [0.15, 0.2) is 0 Å². The van der Waals surface area contributed by atoms with Crippen molar-refractivity contribution < 1.29 is 5.11 Å². The fourth-order valence-corrected chi connectivity index (χ4v) is 1.15. The zero-order valence-electron chi connectivity index (χ0n) is 7.66. The van der Waals surface area contributed by atoms with Crippen molar-refractivity contribution in [2.45, 2.75) is 26.4 Å². The smallest absolute Gasteiger partial charge is 0.0930 e. The molecule has 0 aliphatic carbocycles. The van der Waals surface area contributed by atoms with E-state index in [1.165, 1.54) is 5.56 Å². The Bertz CT molecular complexity index is 216. The van der Waals surface area contributed by atoms with Gasteiger partial charge in [-0.3, -0.25) is 0 Å². The van der Waals surface area contributed by atoms with E-state index in [9.17, 15) is 5.11 Å². The molecular formula is C11H15O. The minimum Gasteiger partial charge on any atom is -0.233 e. The van der Waals surface area contributed by atoms with E-state index in [0.29, 0.717) is 0 Å².